The predicted molar refractivity (Wildman–Crippen MR) is 75.3 cm³/mol. The van der Waals surface area contributed by atoms with E-state index in [0.717, 1.165) is 21.5 Å². The van der Waals surface area contributed by atoms with Crippen LogP contribution in [0.15, 0.2) is 46.7 Å². The number of amides is 1. The van der Waals surface area contributed by atoms with Gasteiger partial charge in [-0.2, -0.15) is 0 Å². The van der Waals surface area contributed by atoms with E-state index in [1.54, 1.807) is 18.2 Å². The molecule has 0 saturated heterocycles. The van der Waals surface area contributed by atoms with Gasteiger partial charge in [0.15, 0.2) is 0 Å². The molecule has 18 heavy (non-hydrogen) atoms. The minimum Gasteiger partial charge on any atom is -0.326 e. The van der Waals surface area contributed by atoms with Gasteiger partial charge >= 0.3 is 0 Å². The molecule has 0 aliphatic rings. The van der Waals surface area contributed by atoms with Crippen LogP contribution in [0.25, 0.3) is 0 Å². The zero-order chi connectivity index (χ0) is 13.0. The Bertz CT molecular complexity index is 564. The SMILES string of the molecule is CC(=O)Nc1cccc(SC(=O)c2cccs2)c1. The van der Waals surface area contributed by atoms with Crippen molar-refractivity contribution in [2.45, 2.75) is 11.8 Å². The lowest BCUT2D eigenvalue weighted by Gasteiger charge is -2.04. The van der Waals surface area contributed by atoms with Gasteiger partial charge in [0.25, 0.3) is 0 Å². The maximum Gasteiger partial charge on any atom is 0.234 e. The largest absolute Gasteiger partial charge is 0.326 e. The van der Waals surface area contributed by atoms with Gasteiger partial charge < -0.3 is 5.32 Å². The summed E-state index contributed by atoms with van der Waals surface area (Å²) in [5, 5.41) is 4.59. The van der Waals surface area contributed by atoms with Crippen LogP contribution in [0.1, 0.15) is 16.6 Å². The number of anilines is 1. The summed E-state index contributed by atoms with van der Waals surface area (Å²) in [5.74, 6) is -0.123. The normalized spacial score (nSPS) is 10.1. The van der Waals surface area contributed by atoms with Gasteiger partial charge in [-0.25, -0.2) is 0 Å². The van der Waals surface area contributed by atoms with Crippen molar-refractivity contribution in [1.82, 2.24) is 0 Å². The van der Waals surface area contributed by atoms with E-state index in [0.29, 0.717) is 5.69 Å². The lowest BCUT2D eigenvalue weighted by Crippen LogP contribution is -2.05. The van der Waals surface area contributed by atoms with Crippen LogP contribution in [-0.4, -0.2) is 11.0 Å². The Hall–Kier alpha value is -1.59. The maximum absolute atomic E-state index is 11.9. The van der Waals surface area contributed by atoms with Crippen molar-refractivity contribution in [2.24, 2.45) is 0 Å². The van der Waals surface area contributed by atoms with E-state index >= 15 is 0 Å². The van der Waals surface area contributed by atoms with E-state index in [2.05, 4.69) is 5.32 Å². The first-order chi connectivity index (χ1) is 8.65. The molecule has 0 bridgehead atoms. The van der Waals surface area contributed by atoms with Crippen LogP contribution in [0.3, 0.4) is 0 Å². The van der Waals surface area contributed by atoms with E-state index in [9.17, 15) is 9.59 Å². The summed E-state index contributed by atoms with van der Waals surface area (Å²) < 4.78 is 0. The molecule has 1 N–H and O–H groups in total. The summed E-state index contributed by atoms with van der Waals surface area (Å²) >= 11 is 2.59. The number of nitrogens with one attached hydrogen (secondary N) is 1. The van der Waals surface area contributed by atoms with E-state index < -0.39 is 0 Å². The Kier molecular flexibility index (Phi) is 4.17. The van der Waals surface area contributed by atoms with E-state index in [4.69, 9.17) is 0 Å². The molecular weight excluding hydrogens is 266 g/mol. The minimum absolute atomic E-state index is 0.0185. The molecule has 1 amide bonds. The summed E-state index contributed by atoms with van der Waals surface area (Å²) in [4.78, 5) is 24.4. The molecule has 0 fully saturated rings. The van der Waals surface area contributed by atoms with Gasteiger partial charge in [0.1, 0.15) is 0 Å². The van der Waals surface area contributed by atoms with Crippen LogP contribution in [0, 0.1) is 0 Å². The van der Waals surface area contributed by atoms with Gasteiger partial charge in [-0.3, -0.25) is 9.59 Å². The number of thiophene rings is 1. The number of benzene rings is 1. The molecule has 1 aromatic heterocycles. The summed E-state index contributed by atoms with van der Waals surface area (Å²) in [6, 6.07) is 10.9. The molecule has 92 valence electrons. The fourth-order valence-corrected chi connectivity index (χ4v) is 2.93. The van der Waals surface area contributed by atoms with Crippen LogP contribution >= 0.6 is 23.1 Å². The molecule has 0 unspecified atom stereocenters. The molecule has 0 saturated carbocycles. The standard InChI is InChI=1S/C13H11NO2S2/c1-9(15)14-10-4-2-5-11(8-10)18-13(16)12-6-3-7-17-12/h2-8H,1H3,(H,14,15). The van der Waals surface area contributed by atoms with Gasteiger partial charge in [-0.05, 0) is 41.4 Å². The molecule has 5 heteroatoms. The number of thioether (sulfide) groups is 1. The predicted octanol–water partition coefficient (Wildman–Crippen LogP) is 3.64. The molecule has 1 aromatic carbocycles. The summed E-state index contributed by atoms with van der Waals surface area (Å²) in [6.45, 7) is 1.45. The molecule has 1 heterocycles. The molecule has 0 aliphatic heterocycles. The average molecular weight is 277 g/mol. The first-order valence-electron chi connectivity index (χ1n) is 5.28. The number of carbonyl (C=O) groups is 2. The lowest BCUT2D eigenvalue weighted by molar-refractivity contribution is -0.114. The van der Waals surface area contributed by atoms with Crippen molar-refractivity contribution in [3.63, 3.8) is 0 Å². The number of carbonyl (C=O) groups excluding carboxylic acids is 2. The summed E-state index contributed by atoms with van der Waals surface area (Å²) in [5.41, 5.74) is 0.700. The highest BCUT2D eigenvalue weighted by Gasteiger charge is 2.09. The Morgan fingerprint density at radius 2 is 2.06 bits per heavy atom. The number of rotatable bonds is 3. The third kappa shape index (κ3) is 3.45. The Morgan fingerprint density at radius 3 is 2.72 bits per heavy atom. The molecule has 0 atom stereocenters. The van der Waals surface area contributed by atoms with Crippen LogP contribution in [0.4, 0.5) is 5.69 Å². The Balaban J connectivity index is 2.10. The third-order valence-electron chi connectivity index (χ3n) is 2.09. The zero-order valence-corrected chi connectivity index (χ0v) is 11.3. The fourth-order valence-electron chi connectivity index (χ4n) is 1.39. The van der Waals surface area contributed by atoms with Gasteiger partial charge in [-0.1, -0.05) is 12.1 Å². The topological polar surface area (TPSA) is 46.2 Å². The van der Waals surface area contributed by atoms with Crippen molar-refractivity contribution in [1.29, 1.82) is 0 Å². The van der Waals surface area contributed by atoms with E-state index in [-0.39, 0.29) is 11.0 Å². The molecule has 0 aliphatic carbocycles. The highest BCUT2D eigenvalue weighted by Crippen LogP contribution is 2.26. The second kappa shape index (κ2) is 5.84. The lowest BCUT2D eigenvalue weighted by atomic mass is 10.3. The molecule has 3 nitrogen and oxygen atoms in total. The molecule has 0 spiro atoms. The zero-order valence-electron chi connectivity index (χ0n) is 9.67. The highest BCUT2D eigenvalue weighted by molar-refractivity contribution is 8.14. The summed E-state index contributed by atoms with van der Waals surface area (Å²) in [6.07, 6.45) is 0. The van der Waals surface area contributed by atoms with Crippen LogP contribution < -0.4 is 5.32 Å². The second-order valence-corrected chi connectivity index (χ2v) is 5.57. The molecule has 2 aromatic rings. The number of hydrogen-bond acceptors (Lipinski definition) is 4. The van der Waals surface area contributed by atoms with Crippen LogP contribution in [-0.2, 0) is 4.79 Å². The Labute approximate surface area is 113 Å². The molecular formula is C13H11NO2S2. The number of hydrogen-bond donors (Lipinski definition) is 1. The third-order valence-corrected chi connectivity index (χ3v) is 3.98. The second-order valence-electron chi connectivity index (χ2n) is 3.58. The average Bonchev–Trinajstić information content (AvgIpc) is 2.81. The first-order valence-corrected chi connectivity index (χ1v) is 6.98. The fraction of sp³-hybridized carbons (Fsp3) is 0.0769. The maximum atomic E-state index is 11.9. The van der Waals surface area contributed by atoms with Crippen molar-refractivity contribution >= 4 is 39.8 Å². The monoisotopic (exact) mass is 277 g/mol. The van der Waals surface area contributed by atoms with Gasteiger partial charge in [0.2, 0.25) is 11.0 Å². The highest BCUT2D eigenvalue weighted by atomic mass is 32.2. The van der Waals surface area contributed by atoms with Crippen molar-refractivity contribution in [3.05, 3.63) is 46.7 Å². The van der Waals surface area contributed by atoms with Crippen LogP contribution in [0.5, 0.6) is 0 Å². The first kappa shape index (κ1) is 12.9. The van der Waals surface area contributed by atoms with Crippen molar-refractivity contribution in [3.8, 4) is 0 Å². The van der Waals surface area contributed by atoms with Crippen molar-refractivity contribution < 1.29 is 9.59 Å². The van der Waals surface area contributed by atoms with Gasteiger partial charge in [0.05, 0.1) is 4.88 Å². The quantitative estimate of drug-likeness (QED) is 0.871. The van der Waals surface area contributed by atoms with Gasteiger partial charge in [0, 0.05) is 17.5 Å². The van der Waals surface area contributed by atoms with E-state index in [1.807, 2.05) is 23.6 Å². The Morgan fingerprint density at radius 1 is 1.22 bits per heavy atom. The smallest absolute Gasteiger partial charge is 0.234 e. The van der Waals surface area contributed by atoms with Gasteiger partial charge in [-0.15, -0.1) is 11.3 Å². The van der Waals surface area contributed by atoms with Crippen molar-refractivity contribution in [2.75, 3.05) is 5.32 Å². The molecule has 0 radical (unpaired) electrons. The molecule has 2 rings (SSSR count). The van der Waals surface area contributed by atoms with E-state index in [1.165, 1.54) is 18.3 Å². The summed E-state index contributed by atoms with van der Waals surface area (Å²) in [7, 11) is 0. The minimum atomic E-state index is -0.123. The van der Waals surface area contributed by atoms with Crippen LogP contribution in [0.2, 0.25) is 0 Å².